The molecule has 1 aromatic rings. The first-order valence-corrected chi connectivity index (χ1v) is 7.56. The van der Waals surface area contributed by atoms with E-state index >= 15 is 0 Å². The van der Waals surface area contributed by atoms with E-state index in [4.69, 9.17) is 4.74 Å². The zero-order valence-corrected chi connectivity index (χ0v) is 11.1. The molecule has 17 heavy (non-hydrogen) atoms. The van der Waals surface area contributed by atoms with Crippen molar-refractivity contribution < 1.29 is 17.7 Å². The topological polar surface area (TPSA) is 65.1 Å². The van der Waals surface area contributed by atoms with Crippen molar-refractivity contribution in [3.63, 3.8) is 0 Å². The van der Waals surface area contributed by atoms with Gasteiger partial charge < -0.3 is 4.74 Å². The lowest BCUT2D eigenvalue weighted by molar-refractivity contribution is -0.749. The molecule has 2 heterocycles. The molecule has 0 radical (unpaired) electrons. The maximum Gasteiger partial charge on any atom is 0.309 e. The first kappa shape index (κ1) is 12.5. The Bertz CT molecular complexity index is 509. The highest BCUT2D eigenvalue weighted by Gasteiger charge is 2.34. The van der Waals surface area contributed by atoms with Crippen LogP contribution in [0.2, 0.25) is 0 Å². The smallest absolute Gasteiger partial charge is 0.309 e. The van der Waals surface area contributed by atoms with Gasteiger partial charge in [0.2, 0.25) is 6.33 Å². The third kappa shape index (κ3) is 2.35. The number of nitrogens with zero attached hydrogens (tertiary/aromatic N) is 3. The highest BCUT2D eigenvalue weighted by atomic mass is 32.2. The fraction of sp³-hybridized carbons (Fsp3) is 0.800. The number of rotatable bonds is 3. The summed E-state index contributed by atoms with van der Waals surface area (Å²) in [5, 5.41) is 4.06. The van der Waals surface area contributed by atoms with Crippen LogP contribution in [-0.2, 0) is 21.4 Å². The summed E-state index contributed by atoms with van der Waals surface area (Å²) in [6.45, 7) is 5.23. The van der Waals surface area contributed by atoms with Crippen molar-refractivity contribution in [1.29, 1.82) is 0 Å². The van der Waals surface area contributed by atoms with E-state index in [-0.39, 0.29) is 6.04 Å². The molecule has 0 aromatic carbocycles. The van der Waals surface area contributed by atoms with E-state index < -0.39 is 10.0 Å². The maximum absolute atomic E-state index is 11.4. The predicted octanol–water partition coefficient (Wildman–Crippen LogP) is 0.0957. The molecule has 0 amide bonds. The molecule has 0 saturated heterocycles. The van der Waals surface area contributed by atoms with Crippen molar-refractivity contribution in [3.05, 3.63) is 12.2 Å². The number of hydrogen-bond donors (Lipinski definition) is 0. The molecule has 0 saturated carbocycles. The zero-order chi connectivity index (χ0) is 12.6. The molecule has 0 spiro atoms. The molecule has 0 N–H and O–H groups in total. The molecule has 0 fully saturated rings. The normalized spacial score (nSPS) is 22.2. The van der Waals surface area contributed by atoms with Crippen LogP contribution in [0.5, 0.6) is 0 Å². The second-order valence-corrected chi connectivity index (χ2v) is 6.38. The second kappa shape index (κ2) is 4.38. The molecular weight excluding hydrogens is 242 g/mol. The minimum absolute atomic E-state index is 0.166. The third-order valence-corrected chi connectivity index (χ3v) is 4.11. The first-order chi connectivity index (χ1) is 7.93. The monoisotopic (exact) mass is 260 g/mol. The van der Waals surface area contributed by atoms with Gasteiger partial charge >= 0.3 is 15.8 Å². The van der Waals surface area contributed by atoms with Gasteiger partial charge in [0, 0.05) is 0 Å². The maximum atomic E-state index is 11.4. The van der Waals surface area contributed by atoms with Crippen LogP contribution in [0.4, 0.5) is 0 Å². The van der Waals surface area contributed by atoms with E-state index in [1.165, 1.54) is 0 Å². The third-order valence-electron chi connectivity index (χ3n) is 3.25. The predicted molar refractivity (Wildman–Crippen MR) is 60.8 cm³/mol. The number of aromatic nitrogens is 3. The minimum atomic E-state index is -3.32. The molecule has 2 rings (SSSR count). The van der Waals surface area contributed by atoms with Crippen molar-refractivity contribution in [2.75, 3.05) is 12.9 Å². The molecule has 1 aliphatic heterocycles. The summed E-state index contributed by atoms with van der Waals surface area (Å²) >= 11 is 0. The Hall–Kier alpha value is -0.950. The molecule has 1 aromatic heterocycles. The molecular formula is C10H18N3O3S+. The molecule has 1 aliphatic rings. The average Bonchev–Trinajstić information content (AvgIpc) is 2.71. The van der Waals surface area contributed by atoms with Gasteiger partial charge in [-0.25, -0.2) is 4.57 Å². The minimum Gasteiger partial charge on any atom is -0.367 e. The average molecular weight is 260 g/mol. The van der Waals surface area contributed by atoms with Gasteiger partial charge in [-0.1, -0.05) is 20.3 Å². The van der Waals surface area contributed by atoms with E-state index in [0.717, 1.165) is 16.8 Å². The van der Waals surface area contributed by atoms with Gasteiger partial charge in [-0.3, -0.25) is 0 Å². The zero-order valence-electron chi connectivity index (χ0n) is 10.3. The lowest BCUT2D eigenvalue weighted by atomic mass is 9.99. The fourth-order valence-electron chi connectivity index (χ4n) is 1.97. The van der Waals surface area contributed by atoms with Crippen molar-refractivity contribution in [1.82, 2.24) is 9.19 Å². The Kier molecular flexibility index (Phi) is 3.22. The van der Waals surface area contributed by atoms with Crippen molar-refractivity contribution >= 4 is 10.0 Å². The standard InChI is InChI=1S/C10H18N3O3S/c1-4-8(2)9-5-16-6-10-11-13(7-12(9)10)17(3,14)15/h7-9H,4-6H2,1-3H3/q+1. The number of fused-ring (bicyclic) bond motifs is 1. The van der Waals surface area contributed by atoms with Crippen LogP contribution in [0.15, 0.2) is 6.33 Å². The van der Waals surface area contributed by atoms with E-state index in [2.05, 4.69) is 18.9 Å². The number of ether oxygens (including phenoxy) is 1. The first-order valence-electron chi connectivity index (χ1n) is 5.71. The molecule has 2 atom stereocenters. The van der Waals surface area contributed by atoms with Crippen LogP contribution < -0.4 is 4.57 Å². The van der Waals surface area contributed by atoms with Gasteiger partial charge in [0.15, 0.2) is 0 Å². The van der Waals surface area contributed by atoms with E-state index in [9.17, 15) is 8.42 Å². The van der Waals surface area contributed by atoms with Crippen molar-refractivity contribution in [2.24, 2.45) is 5.92 Å². The Balaban J connectivity index is 2.42. The van der Waals surface area contributed by atoms with Gasteiger partial charge in [-0.2, -0.15) is 8.42 Å². The lowest BCUT2D eigenvalue weighted by Crippen LogP contribution is -2.50. The lowest BCUT2D eigenvalue weighted by Gasteiger charge is -2.24. The van der Waals surface area contributed by atoms with Crippen LogP contribution in [0.3, 0.4) is 0 Å². The van der Waals surface area contributed by atoms with E-state index in [1.807, 2.05) is 4.57 Å². The van der Waals surface area contributed by atoms with Crippen LogP contribution in [-0.4, -0.2) is 30.5 Å². The largest absolute Gasteiger partial charge is 0.367 e. The summed E-state index contributed by atoms with van der Waals surface area (Å²) < 4.78 is 31.3. The Morgan fingerprint density at radius 3 is 3.00 bits per heavy atom. The van der Waals surface area contributed by atoms with Gasteiger partial charge in [-0.05, 0) is 10.0 Å². The van der Waals surface area contributed by atoms with Crippen molar-refractivity contribution in [3.8, 4) is 0 Å². The summed E-state index contributed by atoms with van der Waals surface area (Å²) in [5.41, 5.74) is 0. The second-order valence-electron chi connectivity index (χ2n) is 4.54. The quantitative estimate of drug-likeness (QED) is 0.723. The fourth-order valence-corrected chi connectivity index (χ4v) is 2.48. The van der Waals surface area contributed by atoms with Crippen LogP contribution in [0, 0.1) is 5.92 Å². The van der Waals surface area contributed by atoms with Gasteiger partial charge in [0.05, 0.1) is 18.0 Å². The van der Waals surface area contributed by atoms with E-state index in [0.29, 0.717) is 25.0 Å². The summed E-state index contributed by atoms with van der Waals surface area (Å²) in [4.78, 5) is 0. The number of hydrogen-bond acceptors (Lipinski definition) is 4. The summed E-state index contributed by atoms with van der Waals surface area (Å²) in [6, 6.07) is 0.166. The molecule has 7 heteroatoms. The van der Waals surface area contributed by atoms with Gasteiger partial charge in [0.25, 0.3) is 0 Å². The Labute approximate surface area is 101 Å². The van der Waals surface area contributed by atoms with Crippen LogP contribution in [0.1, 0.15) is 32.1 Å². The van der Waals surface area contributed by atoms with Gasteiger partial charge in [-0.15, -0.1) is 0 Å². The summed E-state index contributed by atoms with van der Waals surface area (Å²) in [6.07, 6.45) is 3.72. The Morgan fingerprint density at radius 1 is 1.71 bits per heavy atom. The SMILES string of the molecule is CCC(C)C1COCc2nn(S(C)(=O)=O)c[n+]21. The molecule has 0 bridgehead atoms. The molecule has 96 valence electrons. The molecule has 6 nitrogen and oxygen atoms in total. The highest BCUT2D eigenvalue weighted by molar-refractivity contribution is 7.89. The summed E-state index contributed by atoms with van der Waals surface area (Å²) in [7, 11) is -3.32. The van der Waals surface area contributed by atoms with Crippen LogP contribution >= 0.6 is 0 Å². The van der Waals surface area contributed by atoms with Crippen molar-refractivity contribution in [2.45, 2.75) is 32.9 Å². The summed E-state index contributed by atoms with van der Waals surface area (Å²) in [5.74, 6) is 1.10. The van der Waals surface area contributed by atoms with Gasteiger partial charge in [0.1, 0.15) is 12.6 Å². The van der Waals surface area contributed by atoms with E-state index in [1.54, 1.807) is 6.33 Å². The van der Waals surface area contributed by atoms with Crippen LogP contribution in [0.25, 0.3) is 0 Å². The molecule has 2 unspecified atom stereocenters. The highest BCUT2D eigenvalue weighted by Crippen LogP contribution is 2.20. The molecule has 0 aliphatic carbocycles. The Morgan fingerprint density at radius 2 is 2.41 bits per heavy atom.